The van der Waals surface area contributed by atoms with Crippen molar-refractivity contribution in [2.45, 2.75) is 18.7 Å². The lowest BCUT2D eigenvalue weighted by Crippen LogP contribution is -2.51. The van der Waals surface area contributed by atoms with Crippen LogP contribution in [0.4, 0.5) is 5.69 Å². The number of sulfonamides is 1. The highest BCUT2D eigenvalue weighted by Crippen LogP contribution is 2.31. The maximum absolute atomic E-state index is 13.8. The summed E-state index contributed by atoms with van der Waals surface area (Å²) >= 11 is 0. The molecule has 3 rings (SSSR count). The number of likely N-dealkylation sites (N-methyl/N-ethyl adjacent to an activating group) is 1. The van der Waals surface area contributed by atoms with Crippen LogP contribution >= 0.6 is 0 Å². The van der Waals surface area contributed by atoms with Gasteiger partial charge in [-0.25, -0.2) is 8.42 Å². The number of hydrogen-bond acceptors (Lipinski definition) is 6. The van der Waals surface area contributed by atoms with E-state index in [4.69, 9.17) is 9.47 Å². The number of carbonyl (C=O) groups is 1. The number of anilines is 1. The van der Waals surface area contributed by atoms with Crippen LogP contribution in [0.2, 0.25) is 0 Å². The summed E-state index contributed by atoms with van der Waals surface area (Å²) in [4.78, 5) is 17.2. The number of aryl methyl sites for hydroxylation is 1. The zero-order chi connectivity index (χ0) is 23.3. The zero-order valence-electron chi connectivity index (χ0n) is 19.1. The van der Waals surface area contributed by atoms with Gasteiger partial charge in [0.1, 0.15) is 22.9 Å². The first-order valence-electron chi connectivity index (χ1n) is 10.6. The Hall–Kier alpha value is -2.78. The quantitative estimate of drug-likeness (QED) is 0.601. The molecule has 1 amide bonds. The summed E-state index contributed by atoms with van der Waals surface area (Å²) in [6, 6.07) is 11.6. The number of rotatable bonds is 8. The van der Waals surface area contributed by atoms with Gasteiger partial charge in [-0.05, 0) is 55.4 Å². The molecule has 0 N–H and O–H groups in total. The summed E-state index contributed by atoms with van der Waals surface area (Å²) in [5.41, 5.74) is 1.16. The number of nitrogens with zero attached hydrogens (tertiary/aromatic N) is 3. The van der Waals surface area contributed by atoms with Crippen LogP contribution in [0.15, 0.2) is 47.4 Å². The molecule has 0 saturated carbocycles. The Morgan fingerprint density at radius 3 is 2.22 bits per heavy atom. The third kappa shape index (κ3) is 5.16. The van der Waals surface area contributed by atoms with Crippen LogP contribution in [-0.2, 0) is 14.8 Å². The molecule has 0 radical (unpaired) electrons. The van der Waals surface area contributed by atoms with E-state index in [0.717, 1.165) is 29.5 Å². The topological polar surface area (TPSA) is 79.4 Å². The van der Waals surface area contributed by atoms with Gasteiger partial charge < -0.3 is 19.3 Å². The van der Waals surface area contributed by atoms with Crippen molar-refractivity contribution in [1.82, 2.24) is 9.80 Å². The van der Waals surface area contributed by atoms with Gasteiger partial charge in [-0.3, -0.25) is 9.10 Å². The molecule has 1 aliphatic rings. The van der Waals surface area contributed by atoms with Crippen LogP contribution in [0.5, 0.6) is 11.5 Å². The highest BCUT2D eigenvalue weighted by molar-refractivity contribution is 7.93. The molecule has 1 aliphatic heterocycles. The van der Waals surface area contributed by atoms with Crippen molar-refractivity contribution in [3.63, 3.8) is 0 Å². The highest BCUT2D eigenvalue weighted by atomic mass is 32.2. The summed E-state index contributed by atoms with van der Waals surface area (Å²) < 4.78 is 39.2. The summed E-state index contributed by atoms with van der Waals surface area (Å²) in [6.45, 7) is 7.26. The summed E-state index contributed by atoms with van der Waals surface area (Å²) in [7, 11) is -1.11. The number of carbonyl (C=O) groups excluding carboxylic acids is 1. The third-order valence-corrected chi connectivity index (χ3v) is 7.49. The Kier molecular flexibility index (Phi) is 7.63. The predicted octanol–water partition coefficient (Wildman–Crippen LogP) is 2.37. The lowest BCUT2D eigenvalue weighted by molar-refractivity contribution is -0.131. The minimum absolute atomic E-state index is 0.0272. The molecule has 1 fully saturated rings. The van der Waals surface area contributed by atoms with Gasteiger partial charge in [0, 0.05) is 26.2 Å². The first-order chi connectivity index (χ1) is 15.3. The van der Waals surface area contributed by atoms with Crippen LogP contribution in [0, 0.1) is 6.92 Å². The van der Waals surface area contributed by atoms with Crippen molar-refractivity contribution >= 4 is 21.6 Å². The van der Waals surface area contributed by atoms with E-state index in [1.54, 1.807) is 54.5 Å². The summed E-state index contributed by atoms with van der Waals surface area (Å²) in [6.07, 6.45) is 0. The van der Waals surface area contributed by atoms with E-state index in [1.165, 1.54) is 7.11 Å². The van der Waals surface area contributed by atoms with Gasteiger partial charge in [0.2, 0.25) is 5.91 Å². The molecule has 1 saturated heterocycles. The van der Waals surface area contributed by atoms with Crippen LogP contribution in [-0.4, -0.2) is 77.6 Å². The molecule has 0 atom stereocenters. The molecule has 9 heteroatoms. The van der Waals surface area contributed by atoms with Gasteiger partial charge in [0.05, 0.1) is 19.9 Å². The Bertz CT molecular complexity index is 1030. The molecule has 174 valence electrons. The lowest BCUT2D eigenvalue weighted by Gasteiger charge is -2.35. The smallest absolute Gasteiger partial charge is 0.268 e. The lowest BCUT2D eigenvalue weighted by atomic mass is 10.2. The second-order valence-corrected chi connectivity index (χ2v) is 9.51. The molecule has 0 unspecified atom stereocenters. The van der Waals surface area contributed by atoms with E-state index in [0.29, 0.717) is 24.5 Å². The van der Waals surface area contributed by atoms with E-state index >= 15 is 0 Å². The highest BCUT2D eigenvalue weighted by Gasteiger charge is 2.32. The number of amides is 1. The van der Waals surface area contributed by atoms with Crippen molar-refractivity contribution in [2.24, 2.45) is 0 Å². The van der Waals surface area contributed by atoms with Gasteiger partial charge in [-0.2, -0.15) is 0 Å². The van der Waals surface area contributed by atoms with E-state index in [1.807, 2.05) is 6.92 Å². The van der Waals surface area contributed by atoms with Crippen LogP contribution in [0.3, 0.4) is 0 Å². The molecule has 0 spiro atoms. The molecule has 8 nitrogen and oxygen atoms in total. The molecule has 2 aromatic carbocycles. The van der Waals surface area contributed by atoms with E-state index < -0.39 is 10.0 Å². The largest absolute Gasteiger partial charge is 0.497 e. The average Bonchev–Trinajstić information content (AvgIpc) is 2.82. The Labute approximate surface area is 190 Å². The summed E-state index contributed by atoms with van der Waals surface area (Å²) in [5, 5.41) is 0. The zero-order valence-corrected chi connectivity index (χ0v) is 19.9. The van der Waals surface area contributed by atoms with Gasteiger partial charge in [0.15, 0.2) is 0 Å². The van der Waals surface area contributed by atoms with Crippen LogP contribution < -0.4 is 13.8 Å². The van der Waals surface area contributed by atoms with Gasteiger partial charge in [-0.15, -0.1) is 0 Å². The van der Waals surface area contributed by atoms with Gasteiger partial charge in [0.25, 0.3) is 10.0 Å². The fraction of sp³-hybridized carbons (Fsp3) is 0.435. The predicted molar refractivity (Wildman–Crippen MR) is 124 cm³/mol. The Morgan fingerprint density at radius 1 is 1.00 bits per heavy atom. The average molecular weight is 462 g/mol. The molecular formula is C23H31N3O5S. The molecule has 2 aromatic rings. The van der Waals surface area contributed by atoms with E-state index in [2.05, 4.69) is 11.8 Å². The van der Waals surface area contributed by atoms with Crippen molar-refractivity contribution in [3.8, 4) is 11.5 Å². The van der Waals surface area contributed by atoms with Crippen molar-refractivity contribution in [2.75, 3.05) is 57.8 Å². The molecule has 1 heterocycles. The number of hydrogen-bond donors (Lipinski definition) is 0. The molecule has 0 aromatic heterocycles. The first kappa shape index (κ1) is 23.9. The maximum atomic E-state index is 13.8. The fourth-order valence-electron chi connectivity index (χ4n) is 3.70. The first-order valence-corrected chi connectivity index (χ1v) is 12.1. The summed E-state index contributed by atoms with van der Waals surface area (Å²) in [5.74, 6) is 0.603. The minimum atomic E-state index is -4.08. The van der Waals surface area contributed by atoms with Gasteiger partial charge in [-0.1, -0.05) is 13.0 Å². The van der Waals surface area contributed by atoms with Crippen LogP contribution in [0.1, 0.15) is 12.5 Å². The number of benzene rings is 2. The standard InChI is InChI=1S/C23H31N3O5S/c1-5-24-12-14-25(15-13-24)23(27)17-26(19-7-9-20(30-3)10-8-19)32(28,29)22-16-18(2)6-11-21(22)31-4/h6-11,16H,5,12-15,17H2,1-4H3. The molecule has 32 heavy (non-hydrogen) atoms. The number of ether oxygens (including phenoxy) is 2. The maximum Gasteiger partial charge on any atom is 0.268 e. The second kappa shape index (κ2) is 10.2. The minimum Gasteiger partial charge on any atom is -0.497 e. The van der Waals surface area contributed by atoms with Crippen LogP contribution in [0.25, 0.3) is 0 Å². The Balaban J connectivity index is 1.97. The van der Waals surface area contributed by atoms with Crippen molar-refractivity contribution in [3.05, 3.63) is 48.0 Å². The number of methoxy groups -OCH3 is 2. The van der Waals surface area contributed by atoms with E-state index in [-0.39, 0.29) is 23.1 Å². The van der Waals surface area contributed by atoms with E-state index in [9.17, 15) is 13.2 Å². The molecular weight excluding hydrogens is 430 g/mol. The van der Waals surface area contributed by atoms with Crippen molar-refractivity contribution < 1.29 is 22.7 Å². The Morgan fingerprint density at radius 2 is 1.66 bits per heavy atom. The third-order valence-electron chi connectivity index (χ3n) is 5.70. The second-order valence-electron chi connectivity index (χ2n) is 7.68. The SMILES string of the molecule is CCN1CCN(C(=O)CN(c2ccc(OC)cc2)S(=O)(=O)c2cc(C)ccc2OC)CC1. The monoisotopic (exact) mass is 461 g/mol. The molecule has 0 aliphatic carbocycles. The van der Waals surface area contributed by atoms with Crippen molar-refractivity contribution in [1.29, 1.82) is 0 Å². The fourth-order valence-corrected chi connectivity index (χ4v) is 5.36. The van der Waals surface area contributed by atoms with Gasteiger partial charge >= 0.3 is 0 Å². The number of piperazine rings is 1. The normalized spacial score (nSPS) is 14.8. The molecule has 0 bridgehead atoms.